The van der Waals surface area contributed by atoms with E-state index in [0.29, 0.717) is 0 Å². The smallest absolute Gasteiger partial charge is 1.00 e. The molecule has 6 aromatic carbocycles. The Hall–Kier alpha value is -4.07. The van der Waals surface area contributed by atoms with Crippen LogP contribution < -0.4 is 42.0 Å². The summed E-state index contributed by atoms with van der Waals surface area (Å²) in [5, 5.41) is 27.2. The topological polar surface area (TPSA) is 160 Å². The SMILES string of the molecule is CCC(=O)[O-].CCC(=O)[O-].Cc1ccc(P(c2ccc(C)cc2)c2ccc(C)cc2)cc1.Cc1ccc(P(c2ccc(C)cc2)c2ccc(C)cc2)cc1.ClCCl.[C-]#[O+].[C-]#[O+].[C-]#[O+].[C-]#[O+].[Os+].[Os+]. The summed E-state index contributed by atoms with van der Waals surface area (Å²) in [6.07, 6.45) is 0.222. The number of alkyl halides is 2. The van der Waals surface area contributed by atoms with Crippen LogP contribution in [0.1, 0.15) is 60.1 Å². The Kier molecular flexibility index (Phi) is 49.1. The van der Waals surface area contributed by atoms with Gasteiger partial charge in [0.1, 0.15) is 0 Å². The third kappa shape index (κ3) is 31.6. The Balaban J connectivity index is -0.000000266. The zero-order chi connectivity index (χ0) is 50.3. The molecule has 0 unspecified atom stereocenters. The van der Waals surface area contributed by atoms with E-state index in [0.717, 1.165) is 0 Å². The van der Waals surface area contributed by atoms with Crippen LogP contribution in [0.2, 0.25) is 0 Å². The maximum absolute atomic E-state index is 9.26. The van der Waals surface area contributed by atoms with Gasteiger partial charge in [-0.2, -0.15) is 0 Å². The molecule has 6 aromatic rings. The molecular formula is C53H54Cl2O8Os2P2. The van der Waals surface area contributed by atoms with Crippen molar-refractivity contribution < 1.29 is 78.0 Å². The number of carbonyl (C=O) groups excluding carboxylic acids is 2. The van der Waals surface area contributed by atoms with Crippen LogP contribution in [-0.2, 0) is 67.8 Å². The van der Waals surface area contributed by atoms with Gasteiger partial charge >= 0.3 is 84.8 Å². The Bertz CT molecular complexity index is 1860. The van der Waals surface area contributed by atoms with Crippen LogP contribution in [0.3, 0.4) is 0 Å². The maximum atomic E-state index is 9.26. The molecule has 0 aliphatic heterocycles. The molecular weight excluding hydrogens is 1280 g/mol. The molecule has 0 heterocycles. The van der Waals surface area contributed by atoms with E-state index in [1.54, 1.807) is 0 Å². The molecule has 0 fully saturated rings. The normalized spacial score (nSPS) is 8.66. The summed E-state index contributed by atoms with van der Waals surface area (Å²) in [7, 11) is -0.966. The first-order valence-electron chi connectivity index (χ1n) is 19.6. The minimum Gasteiger partial charge on any atom is 1.00 e. The summed E-state index contributed by atoms with van der Waals surface area (Å²) in [6.45, 7) is 33.9. The van der Waals surface area contributed by atoms with E-state index >= 15 is 0 Å². The number of carboxylic acids is 2. The number of carbonyl (C=O) groups is 2. The molecule has 0 aromatic heterocycles. The van der Waals surface area contributed by atoms with Gasteiger partial charge in [0.25, 0.3) is 0 Å². The Morgan fingerprint density at radius 1 is 0.373 bits per heavy atom. The van der Waals surface area contributed by atoms with Crippen molar-refractivity contribution in [3.8, 4) is 0 Å². The van der Waals surface area contributed by atoms with Crippen LogP contribution >= 0.6 is 39.0 Å². The molecule has 8 nitrogen and oxygen atoms in total. The summed E-state index contributed by atoms with van der Waals surface area (Å²) in [5.74, 6) is -1.99. The predicted molar refractivity (Wildman–Crippen MR) is 262 cm³/mol. The molecule has 0 N–H and O–H groups in total. The fraction of sp³-hybridized carbons (Fsp3) is 0.208. The van der Waals surface area contributed by atoms with E-state index in [1.807, 2.05) is 0 Å². The largest absolute Gasteiger partial charge is 1.00 e. The van der Waals surface area contributed by atoms with Crippen LogP contribution in [0.5, 0.6) is 0 Å². The molecule has 14 heteroatoms. The Morgan fingerprint density at radius 3 is 0.537 bits per heavy atom. The van der Waals surface area contributed by atoms with Crippen LogP contribution in [0.4, 0.5) is 0 Å². The van der Waals surface area contributed by atoms with Crippen molar-refractivity contribution in [3.05, 3.63) is 206 Å². The van der Waals surface area contributed by atoms with E-state index in [9.17, 15) is 19.8 Å². The Labute approximate surface area is 436 Å². The van der Waals surface area contributed by atoms with E-state index < -0.39 is 27.8 Å². The first-order chi connectivity index (χ1) is 31.2. The van der Waals surface area contributed by atoms with E-state index in [1.165, 1.54) is 79.1 Å². The summed E-state index contributed by atoms with van der Waals surface area (Å²) in [5.41, 5.74) is 7.87. The van der Waals surface area contributed by atoms with Crippen molar-refractivity contribution in [2.45, 2.75) is 68.2 Å². The standard InChI is InChI=1S/2C21H21P.2C3H6O2.CH2Cl2.4CO.2Os/c2*1-16-4-10-19(11-5-16)22(20-12-6-17(2)7-13-20)21-14-8-18(3)9-15-21;2*1-2-3(4)5;2-1-3;4*1-2;;/h2*4-15H,1-3H3;2*2H2,1H3,(H,4,5);1H2;;;;;;/q;;;;;;;;;2*+1/p-2. The van der Waals surface area contributed by atoms with Gasteiger partial charge < -0.3 is 19.8 Å². The monoisotopic (exact) mass is 1330 g/mol. The number of benzene rings is 6. The van der Waals surface area contributed by atoms with Gasteiger partial charge in [-0.15, -0.1) is 23.2 Å². The van der Waals surface area contributed by atoms with Gasteiger partial charge in [0, 0.05) is 11.9 Å². The average molecular weight is 1330 g/mol. The van der Waals surface area contributed by atoms with E-state index in [4.69, 9.17) is 41.8 Å². The molecule has 0 bridgehead atoms. The Morgan fingerprint density at radius 2 is 0.463 bits per heavy atom. The zero-order valence-electron chi connectivity index (χ0n) is 38.6. The van der Waals surface area contributed by atoms with Crippen molar-refractivity contribution in [2.24, 2.45) is 0 Å². The number of hydrogen-bond acceptors (Lipinski definition) is 4. The minimum absolute atomic E-state index is 0. The first-order valence-corrected chi connectivity index (χ1v) is 23.3. The second kappa shape index (κ2) is 45.7. The number of aliphatic carboxylic acids is 2. The third-order valence-electron chi connectivity index (χ3n) is 8.33. The van der Waals surface area contributed by atoms with E-state index in [2.05, 4.69) is 214 Å². The van der Waals surface area contributed by atoms with Gasteiger partial charge in [-0.3, -0.25) is 0 Å². The fourth-order valence-corrected chi connectivity index (χ4v) is 9.53. The van der Waals surface area contributed by atoms with Crippen LogP contribution in [0, 0.1) is 68.1 Å². The van der Waals surface area contributed by atoms with Gasteiger partial charge in [-0.05, 0) is 102 Å². The van der Waals surface area contributed by atoms with Crippen molar-refractivity contribution in [2.75, 3.05) is 5.34 Å². The number of halogens is 2. The second-order valence-corrected chi connectivity index (χ2v) is 18.5. The maximum Gasteiger partial charge on any atom is 1.00 e. The van der Waals surface area contributed by atoms with Gasteiger partial charge in [0.2, 0.25) is 0 Å². The number of hydrogen-bond donors (Lipinski definition) is 0. The number of carboxylic acid groups (broad SMARTS) is 2. The molecule has 0 amide bonds. The van der Waals surface area contributed by atoms with E-state index in [-0.39, 0.29) is 57.8 Å². The zero-order valence-corrected chi connectivity index (χ0v) is 47.0. The predicted octanol–water partition coefficient (Wildman–Crippen LogP) is 8.30. The molecule has 2 radical (unpaired) electrons. The first kappa shape index (κ1) is 71.9. The van der Waals surface area contributed by atoms with Crippen molar-refractivity contribution in [1.82, 2.24) is 0 Å². The van der Waals surface area contributed by atoms with Gasteiger partial charge in [0.05, 0.1) is 5.34 Å². The second-order valence-electron chi connectivity index (χ2n) is 13.2. The molecule has 6 rings (SSSR count). The van der Waals surface area contributed by atoms with Crippen LogP contribution in [-0.4, -0.2) is 17.3 Å². The van der Waals surface area contributed by atoms with Gasteiger partial charge in [-0.25, -0.2) is 0 Å². The quantitative estimate of drug-likeness (QED) is 0.0650. The summed E-state index contributed by atoms with van der Waals surface area (Å²) in [6, 6.07) is 53.9. The molecule has 0 saturated heterocycles. The van der Waals surface area contributed by atoms with Crippen molar-refractivity contribution in [3.63, 3.8) is 0 Å². The minimum atomic E-state index is -0.995. The van der Waals surface area contributed by atoms with Gasteiger partial charge in [0.15, 0.2) is 0 Å². The molecule has 0 saturated carbocycles. The summed E-state index contributed by atoms with van der Waals surface area (Å²) < 4.78 is 30.0. The molecule has 67 heavy (non-hydrogen) atoms. The van der Waals surface area contributed by atoms with Crippen molar-refractivity contribution >= 4 is 82.8 Å². The molecule has 0 spiro atoms. The van der Waals surface area contributed by atoms with Crippen LogP contribution in [0.25, 0.3) is 0 Å². The molecule has 0 aliphatic carbocycles. The fourth-order valence-electron chi connectivity index (χ4n) is 5.06. The molecule has 0 aliphatic rings. The molecule has 354 valence electrons. The van der Waals surface area contributed by atoms with Crippen LogP contribution in [0.15, 0.2) is 146 Å². The number of rotatable bonds is 8. The average Bonchev–Trinajstić information content (AvgIpc) is 3.33. The molecule has 0 atom stereocenters. The summed E-state index contributed by atoms with van der Waals surface area (Å²) in [4.78, 5) is 18.5. The van der Waals surface area contributed by atoms with Gasteiger partial charge in [-0.1, -0.05) is 193 Å². The van der Waals surface area contributed by atoms with Crippen molar-refractivity contribution in [1.29, 1.82) is 0 Å². The third-order valence-corrected chi connectivity index (χ3v) is 13.2. The number of aryl methyl sites for hydroxylation is 6. The summed E-state index contributed by atoms with van der Waals surface area (Å²) >= 11 is 9.53.